The van der Waals surface area contributed by atoms with Gasteiger partial charge in [0.05, 0.1) is 30.4 Å². The minimum atomic E-state index is -0.852. The van der Waals surface area contributed by atoms with Gasteiger partial charge in [0, 0.05) is 57.1 Å². The average Bonchev–Trinajstić information content (AvgIpc) is 3.30. The molecule has 2 saturated heterocycles. The van der Waals surface area contributed by atoms with Crippen LogP contribution >= 0.6 is 0 Å². The maximum Gasteiger partial charge on any atom is 0.414 e. The second-order valence-corrected chi connectivity index (χ2v) is 9.74. The van der Waals surface area contributed by atoms with Crippen LogP contribution in [0.4, 0.5) is 25.0 Å². The third-order valence-corrected chi connectivity index (χ3v) is 6.50. The molecule has 0 spiro atoms. The topological polar surface area (TPSA) is 121 Å². The summed E-state index contributed by atoms with van der Waals surface area (Å²) in [6.07, 6.45) is 1.59. The van der Waals surface area contributed by atoms with E-state index in [1.807, 2.05) is 0 Å². The van der Waals surface area contributed by atoms with Crippen molar-refractivity contribution < 1.29 is 37.4 Å². The molecule has 1 aromatic heterocycles. The highest BCUT2D eigenvalue weighted by Crippen LogP contribution is 2.32. The SMILES string of the molecule is CC(C)OC(=O)CC[C@H]1CN(c2cc(F)c(N3CCN(C(=O)CNC(=O)c4cccnc4)CC3)c(F)c2)C(=O)O1. The summed E-state index contributed by atoms with van der Waals surface area (Å²) in [7, 11) is 0. The molecule has 2 aromatic rings. The highest BCUT2D eigenvalue weighted by atomic mass is 19.1. The number of carbonyl (C=O) groups is 4. The third kappa shape index (κ3) is 7.01. The number of nitrogens with one attached hydrogen (secondary N) is 1. The lowest BCUT2D eigenvalue weighted by Gasteiger charge is -2.36. The number of esters is 1. The number of aromatic nitrogens is 1. The number of hydrogen-bond acceptors (Lipinski definition) is 8. The van der Waals surface area contributed by atoms with Crippen LogP contribution in [0.25, 0.3) is 0 Å². The Morgan fingerprint density at radius 3 is 2.48 bits per heavy atom. The van der Waals surface area contributed by atoms with Crippen LogP contribution in [0.3, 0.4) is 0 Å². The van der Waals surface area contributed by atoms with Crippen LogP contribution in [-0.4, -0.2) is 85.2 Å². The van der Waals surface area contributed by atoms with Crippen LogP contribution in [0.2, 0.25) is 0 Å². The first kappa shape index (κ1) is 28.7. The molecule has 1 aromatic carbocycles. The molecule has 0 saturated carbocycles. The lowest BCUT2D eigenvalue weighted by atomic mass is 10.1. The van der Waals surface area contributed by atoms with Crippen molar-refractivity contribution in [3.63, 3.8) is 0 Å². The first-order chi connectivity index (χ1) is 19.1. The normalized spacial score (nSPS) is 17.2. The van der Waals surface area contributed by atoms with Gasteiger partial charge in [-0.15, -0.1) is 0 Å². The quantitative estimate of drug-likeness (QED) is 0.466. The van der Waals surface area contributed by atoms with Crippen molar-refractivity contribution in [1.82, 2.24) is 15.2 Å². The zero-order valence-corrected chi connectivity index (χ0v) is 22.3. The number of ether oxygens (including phenoxy) is 2. The summed E-state index contributed by atoms with van der Waals surface area (Å²) in [4.78, 5) is 56.8. The molecule has 0 bridgehead atoms. The Morgan fingerprint density at radius 1 is 1.15 bits per heavy atom. The summed E-state index contributed by atoms with van der Waals surface area (Å²) in [5.74, 6) is -2.85. The minimum absolute atomic E-state index is 0.00850. The fourth-order valence-corrected chi connectivity index (χ4v) is 4.54. The Bertz CT molecular complexity index is 1230. The van der Waals surface area contributed by atoms with Gasteiger partial charge in [0.1, 0.15) is 11.8 Å². The van der Waals surface area contributed by atoms with Crippen molar-refractivity contribution in [3.05, 3.63) is 53.9 Å². The van der Waals surface area contributed by atoms with Crippen LogP contribution in [0.5, 0.6) is 0 Å². The molecule has 2 fully saturated rings. The number of halogens is 2. The van der Waals surface area contributed by atoms with E-state index in [4.69, 9.17) is 9.47 Å². The summed E-state index contributed by atoms with van der Waals surface area (Å²) in [6, 6.07) is 5.34. The van der Waals surface area contributed by atoms with Crippen molar-refractivity contribution >= 4 is 35.3 Å². The predicted molar refractivity (Wildman–Crippen MR) is 140 cm³/mol. The van der Waals surface area contributed by atoms with Gasteiger partial charge in [0.2, 0.25) is 5.91 Å². The highest BCUT2D eigenvalue weighted by Gasteiger charge is 2.34. The van der Waals surface area contributed by atoms with Gasteiger partial charge in [-0.1, -0.05) is 0 Å². The average molecular weight is 560 g/mol. The fourth-order valence-electron chi connectivity index (χ4n) is 4.54. The molecule has 0 unspecified atom stereocenters. The summed E-state index contributed by atoms with van der Waals surface area (Å²) in [6.45, 7) is 4.07. The molecule has 214 valence electrons. The zero-order chi connectivity index (χ0) is 28.8. The monoisotopic (exact) mass is 559 g/mol. The number of rotatable bonds is 9. The van der Waals surface area contributed by atoms with Gasteiger partial charge in [0.15, 0.2) is 11.6 Å². The standard InChI is InChI=1S/C27H31F2N5O6/c1-17(2)39-24(36)6-5-20-16-34(27(38)40-20)19-12-21(28)25(22(29)13-19)33-10-8-32(9-11-33)23(35)15-31-26(37)18-4-3-7-30-14-18/h3-4,7,12-14,17,20H,5-6,8-11,15-16H2,1-2H3,(H,31,37)/t20-/m0/s1. The van der Waals surface area contributed by atoms with Crippen LogP contribution in [0, 0.1) is 11.6 Å². The van der Waals surface area contributed by atoms with Crippen LogP contribution in [0.1, 0.15) is 37.0 Å². The third-order valence-electron chi connectivity index (χ3n) is 6.50. The van der Waals surface area contributed by atoms with Crippen LogP contribution in [0.15, 0.2) is 36.7 Å². The van der Waals surface area contributed by atoms with E-state index in [-0.39, 0.29) is 75.5 Å². The second-order valence-electron chi connectivity index (χ2n) is 9.74. The largest absolute Gasteiger partial charge is 0.463 e. The number of pyridine rings is 1. The van der Waals surface area contributed by atoms with Gasteiger partial charge in [0.25, 0.3) is 5.91 Å². The molecule has 0 radical (unpaired) electrons. The lowest BCUT2D eigenvalue weighted by Crippen LogP contribution is -2.51. The molecular formula is C27H31F2N5O6. The van der Waals surface area contributed by atoms with Gasteiger partial charge in [-0.2, -0.15) is 0 Å². The van der Waals surface area contributed by atoms with Crippen molar-refractivity contribution in [3.8, 4) is 0 Å². The second kappa shape index (κ2) is 12.7. The Hall–Kier alpha value is -4.29. The van der Waals surface area contributed by atoms with Gasteiger partial charge in [-0.05, 0) is 32.4 Å². The molecule has 2 aliphatic heterocycles. The summed E-state index contributed by atoms with van der Waals surface area (Å²) >= 11 is 0. The van der Waals surface area contributed by atoms with Crippen molar-refractivity contribution in [1.29, 1.82) is 0 Å². The number of benzene rings is 1. The van der Waals surface area contributed by atoms with Crippen LogP contribution < -0.4 is 15.1 Å². The van der Waals surface area contributed by atoms with Gasteiger partial charge in [-0.3, -0.25) is 24.3 Å². The first-order valence-electron chi connectivity index (χ1n) is 13.0. The molecule has 11 nitrogen and oxygen atoms in total. The smallest absolute Gasteiger partial charge is 0.414 e. The zero-order valence-electron chi connectivity index (χ0n) is 22.3. The van der Waals surface area contributed by atoms with Gasteiger partial charge >= 0.3 is 12.1 Å². The van der Waals surface area contributed by atoms with Crippen LogP contribution in [-0.2, 0) is 19.1 Å². The van der Waals surface area contributed by atoms with Crippen molar-refractivity contribution in [2.75, 3.05) is 49.1 Å². The molecule has 1 N–H and O–H groups in total. The number of amides is 3. The maximum absolute atomic E-state index is 15.1. The Kier molecular flexibility index (Phi) is 9.12. The summed E-state index contributed by atoms with van der Waals surface area (Å²) in [5.41, 5.74) is 0.0917. The Labute approximate surface area is 230 Å². The fraction of sp³-hybridized carbons (Fsp3) is 0.444. The summed E-state index contributed by atoms with van der Waals surface area (Å²) < 4.78 is 40.6. The number of cyclic esters (lactones) is 1. The molecule has 3 heterocycles. The van der Waals surface area contributed by atoms with Crippen molar-refractivity contribution in [2.45, 2.75) is 38.9 Å². The number of anilines is 2. The molecular weight excluding hydrogens is 528 g/mol. The van der Waals surface area contributed by atoms with E-state index in [0.29, 0.717) is 5.56 Å². The van der Waals surface area contributed by atoms with E-state index in [1.54, 1.807) is 26.0 Å². The molecule has 1 atom stereocenters. The van der Waals surface area contributed by atoms with E-state index in [1.165, 1.54) is 22.2 Å². The van der Waals surface area contributed by atoms with Crippen molar-refractivity contribution in [2.24, 2.45) is 0 Å². The molecule has 0 aliphatic carbocycles. The number of piperazine rings is 1. The molecule has 3 amide bonds. The molecule has 13 heteroatoms. The number of hydrogen-bond donors (Lipinski definition) is 1. The maximum atomic E-state index is 15.1. The Morgan fingerprint density at radius 2 is 1.85 bits per heavy atom. The van der Waals surface area contributed by atoms with E-state index in [0.717, 1.165) is 17.0 Å². The summed E-state index contributed by atoms with van der Waals surface area (Å²) in [5, 5.41) is 2.55. The predicted octanol–water partition coefficient (Wildman–Crippen LogP) is 2.50. The first-order valence-corrected chi connectivity index (χ1v) is 13.0. The minimum Gasteiger partial charge on any atom is -0.463 e. The van der Waals surface area contributed by atoms with E-state index in [2.05, 4.69) is 10.3 Å². The highest BCUT2D eigenvalue weighted by molar-refractivity contribution is 5.96. The molecule has 4 rings (SSSR count). The lowest BCUT2D eigenvalue weighted by molar-refractivity contribution is -0.147. The number of nitrogens with zero attached hydrogens (tertiary/aromatic N) is 4. The van der Waals surface area contributed by atoms with Gasteiger partial charge < -0.3 is 24.6 Å². The van der Waals surface area contributed by atoms with E-state index >= 15 is 8.78 Å². The molecule has 2 aliphatic rings. The molecule has 40 heavy (non-hydrogen) atoms. The number of carbonyl (C=O) groups excluding carboxylic acids is 4. The Balaban J connectivity index is 1.30. The van der Waals surface area contributed by atoms with E-state index < -0.39 is 35.7 Å². The van der Waals surface area contributed by atoms with Gasteiger partial charge in [-0.25, -0.2) is 13.6 Å². The van der Waals surface area contributed by atoms with E-state index in [9.17, 15) is 19.2 Å².